The van der Waals surface area contributed by atoms with E-state index >= 15 is 0 Å². The molecule has 3 aromatic rings. The molecule has 112 valence electrons. The second-order valence-corrected chi connectivity index (χ2v) is 5.54. The molecule has 2 N–H and O–H groups in total. The molecule has 5 nitrogen and oxygen atoms in total. The van der Waals surface area contributed by atoms with Gasteiger partial charge < -0.3 is 10.3 Å². The van der Waals surface area contributed by atoms with Crippen LogP contribution >= 0.6 is 11.6 Å². The number of aromatic nitrogens is 2. The maximum absolute atomic E-state index is 12.1. The Balaban J connectivity index is 1.77. The third-order valence-electron chi connectivity index (χ3n) is 3.57. The van der Waals surface area contributed by atoms with Crippen molar-refractivity contribution in [3.8, 4) is 0 Å². The lowest BCUT2D eigenvalue weighted by Gasteiger charge is -1.98. The highest BCUT2D eigenvalue weighted by atomic mass is 35.5. The highest BCUT2D eigenvalue weighted by molar-refractivity contribution is 6.31. The van der Waals surface area contributed by atoms with Crippen LogP contribution in [-0.4, -0.2) is 21.7 Å². The number of hydrogen-bond donors (Lipinski definition) is 2. The number of rotatable bonds is 2. The molecule has 0 atom stereocenters. The molecule has 1 aromatic carbocycles. The predicted octanol–water partition coefficient (Wildman–Crippen LogP) is 3.13. The number of pyridine rings is 1. The fourth-order valence-corrected chi connectivity index (χ4v) is 2.62. The van der Waals surface area contributed by atoms with Gasteiger partial charge in [0, 0.05) is 28.9 Å². The maximum atomic E-state index is 12.1. The van der Waals surface area contributed by atoms with E-state index in [9.17, 15) is 4.79 Å². The Kier molecular flexibility index (Phi) is 3.20. The van der Waals surface area contributed by atoms with Gasteiger partial charge in [0.2, 0.25) is 0 Å². The number of fused-ring (bicyclic) bond motifs is 1. The van der Waals surface area contributed by atoms with Crippen LogP contribution in [0.15, 0.2) is 59.5 Å². The van der Waals surface area contributed by atoms with E-state index in [-0.39, 0.29) is 5.91 Å². The maximum Gasteiger partial charge on any atom is 0.275 e. The number of aromatic amines is 1. The van der Waals surface area contributed by atoms with Gasteiger partial charge in [-0.05, 0) is 12.1 Å². The lowest BCUT2D eigenvalue weighted by molar-refractivity contribution is -0.115. The first-order valence-electron chi connectivity index (χ1n) is 7.00. The zero-order valence-corrected chi connectivity index (χ0v) is 12.6. The van der Waals surface area contributed by atoms with E-state index in [2.05, 4.69) is 20.3 Å². The number of benzene rings is 1. The van der Waals surface area contributed by atoms with Crippen molar-refractivity contribution in [1.29, 1.82) is 0 Å². The van der Waals surface area contributed by atoms with E-state index in [4.69, 9.17) is 11.6 Å². The van der Waals surface area contributed by atoms with Crippen molar-refractivity contribution >= 4 is 40.5 Å². The van der Waals surface area contributed by atoms with Gasteiger partial charge in [-0.25, -0.2) is 9.98 Å². The Bertz CT molecular complexity index is 973. The minimum atomic E-state index is -0.229. The molecule has 0 spiro atoms. The lowest BCUT2D eigenvalue weighted by Crippen LogP contribution is -2.24. The summed E-state index contributed by atoms with van der Waals surface area (Å²) in [6.07, 6.45) is 5.08. The van der Waals surface area contributed by atoms with Crippen LogP contribution in [-0.2, 0) is 4.79 Å². The van der Waals surface area contributed by atoms with Crippen LogP contribution in [0, 0.1) is 0 Å². The molecule has 4 rings (SSSR count). The quantitative estimate of drug-likeness (QED) is 0.712. The smallest absolute Gasteiger partial charge is 0.275 e. The summed E-state index contributed by atoms with van der Waals surface area (Å²) < 4.78 is 0. The van der Waals surface area contributed by atoms with Crippen molar-refractivity contribution in [2.45, 2.75) is 0 Å². The first-order valence-corrected chi connectivity index (χ1v) is 7.38. The van der Waals surface area contributed by atoms with Crippen LogP contribution in [0.2, 0.25) is 5.02 Å². The van der Waals surface area contributed by atoms with E-state index in [1.165, 1.54) is 0 Å². The van der Waals surface area contributed by atoms with Gasteiger partial charge in [0.05, 0.1) is 5.02 Å². The van der Waals surface area contributed by atoms with Gasteiger partial charge in [-0.1, -0.05) is 41.9 Å². The third kappa shape index (κ3) is 2.51. The van der Waals surface area contributed by atoms with Crippen LogP contribution in [0.3, 0.4) is 0 Å². The molecule has 1 aliphatic heterocycles. The summed E-state index contributed by atoms with van der Waals surface area (Å²) in [5, 5.41) is 4.17. The van der Waals surface area contributed by atoms with E-state index in [0.717, 1.165) is 16.5 Å². The Morgan fingerprint density at radius 3 is 2.83 bits per heavy atom. The zero-order chi connectivity index (χ0) is 15.8. The first kappa shape index (κ1) is 13.7. The summed E-state index contributed by atoms with van der Waals surface area (Å²) in [5.74, 6) is 0.325. The van der Waals surface area contributed by atoms with Gasteiger partial charge in [0.15, 0.2) is 0 Å². The average molecular weight is 323 g/mol. The Labute approximate surface area is 136 Å². The number of halogens is 1. The molecule has 23 heavy (non-hydrogen) atoms. The van der Waals surface area contributed by atoms with Crippen molar-refractivity contribution in [1.82, 2.24) is 15.3 Å². The van der Waals surface area contributed by atoms with Crippen LogP contribution < -0.4 is 5.32 Å². The van der Waals surface area contributed by atoms with E-state index < -0.39 is 0 Å². The predicted molar refractivity (Wildman–Crippen MR) is 90.2 cm³/mol. The number of amides is 1. The molecule has 0 radical (unpaired) electrons. The van der Waals surface area contributed by atoms with Gasteiger partial charge in [-0.2, -0.15) is 0 Å². The lowest BCUT2D eigenvalue weighted by atomic mass is 10.2. The topological polar surface area (TPSA) is 70.1 Å². The molecule has 0 fully saturated rings. The number of carbonyl (C=O) groups excluding carboxylic acids is 1. The van der Waals surface area contributed by atoms with Crippen molar-refractivity contribution in [3.63, 3.8) is 0 Å². The number of carbonyl (C=O) groups is 1. The van der Waals surface area contributed by atoms with E-state index in [1.807, 2.05) is 36.4 Å². The minimum Gasteiger partial charge on any atom is -0.346 e. The van der Waals surface area contributed by atoms with E-state index in [1.54, 1.807) is 18.5 Å². The molecule has 3 heterocycles. The average Bonchev–Trinajstić information content (AvgIpc) is 3.13. The molecule has 0 aliphatic carbocycles. The standard InChI is InChI=1S/C17H11ClN4O/c18-12-7-13-11(8-19-16(13)20-9-12)6-14-17(23)22-15(21-14)10-4-2-1-3-5-10/h1-9H,(H,19,20)(H,21,22,23). The second kappa shape index (κ2) is 5.37. The van der Waals surface area contributed by atoms with E-state index in [0.29, 0.717) is 22.2 Å². The normalized spacial score (nSPS) is 16.0. The molecular formula is C17H11ClN4O. The van der Waals surface area contributed by atoms with Crippen LogP contribution in [0.4, 0.5) is 0 Å². The van der Waals surface area contributed by atoms with Crippen molar-refractivity contribution in [2.24, 2.45) is 4.99 Å². The SMILES string of the molecule is O=C1NC(c2ccccc2)=NC1=Cc1c[nH]c2ncc(Cl)cc12. The number of hydrogen-bond acceptors (Lipinski definition) is 3. The van der Waals surface area contributed by atoms with Crippen LogP contribution in [0.1, 0.15) is 11.1 Å². The number of H-pyrrole nitrogens is 1. The molecule has 2 aromatic heterocycles. The summed E-state index contributed by atoms with van der Waals surface area (Å²) >= 11 is 5.99. The summed E-state index contributed by atoms with van der Waals surface area (Å²) in [5.41, 5.74) is 2.75. The largest absolute Gasteiger partial charge is 0.346 e. The van der Waals surface area contributed by atoms with Crippen molar-refractivity contribution in [2.75, 3.05) is 0 Å². The molecule has 0 saturated carbocycles. The number of amidine groups is 1. The summed E-state index contributed by atoms with van der Waals surface area (Å²) in [6, 6.07) is 11.3. The zero-order valence-electron chi connectivity index (χ0n) is 11.9. The highest BCUT2D eigenvalue weighted by Gasteiger charge is 2.21. The molecule has 1 amide bonds. The molecular weight excluding hydrogens is 312 g/mol. The van der Waals surface area contributed by atoms with Gasteiger partial charge >= 0.3 is 0 Å². The molecule has 0 bridgehead atoms. The minimum absolute atomic E-state index is 0.229. The molecule has 0 saturated heterocycles. The molecule has 1 aliphatic rings. The monoisotopic (exact) mass is 322 g/mol. The van der Waals surface area contributed by atoms with Gasteiger partial charge in [0.1, 0.15) is 17.2 Å². The second-order valence-electron chi connectivity index (χ2n) is 5.10. The summed E-state index contributed by atoms with van der Waals surface area (Å²) in [4.78, 5) is 23.8. The van der Waals surface area contributed by atoms with Crippen LogP contribution in [0.5, 0.6) is 0 Å². The van der Waals surface area contributed by atoms with Crippen LogP contribution in [0.25, 0.3) is 17.1 Å². The number of nitrogens with one attached hydrogen (secondary N) is 2. The molecule has 6 heteroatoms. The van der Waals surface area contributed by atoms with Crippen molar-refractivity contribution in [3.05, 3.63) is 70.6 Å². The Morgan fingerprint density at radius 2 is 2.00 bits per heavy atom. The number of nitrogens with zero attached hydrogens (tertiary/aromatic N) is 2. The summed E-state index contributed by atoms with van der Waals surface area (Å²) in [7, 11) is 0. The Morgan fingerprint density at radius 1 is 1.17 bits per heavy atom. The fraction of sp³-hybridized carbons (Fsp3) is 0. The highest BCUT2D eigenvalue weighted by Crippen LogP contribution is 2.23. The molecule has 0 unspecified atom stereocenters. The van der Waals surface area contributed by atoms with Gasteiger partial charge in [-0.3, -0.25) is 4.79 Å². The number of aliphatic imine (C=N–C) groups is 1. The summed E-state index contributed by atoms with van der Waals surface area (Å²) in [6.45, 7) is 0. The van der Waals surface area contributed by atoms with Gasteiger partial charge in [-0.15, -0.1) is 0 Å². The Hall–Kier alpha value is -2.92. The van der Waals surface area contributed by atoms with Gasteiger partial charge in [0.25, 0.3) is 5.91 Å². The third-order valence-corrected chi connectivity index (χ3v) is 3.77. The fourth-order valence-electron chi connectivity index (χ4n) is 2.47. The first-order chi connectivity index (χ1) is 11.2. The van der Waals surface area contributed by atoms with Crippen molar-refractivity contribution < 1.29 is 4.79 Å².